The topological polar surface area (TPSA) is 46.2 Å². The van der Waals surface area contributed by atoms with Gasteiger partial charge in [0.05, 0.1) is 0 Å². The molecule has 0 bridgehead atoms. The van der Waals surface area contributed by atoms with E-state index in [9.17, 15) is 8.42 Å². The van der Waals surface area contributed by atoms with Gasteiger partial charge in [-0.1, -0.05) is 6.92 Å². The number of alkyl halides is 1. The number of nitrogens with one attached hydrogen (secondary N) is 1. The van der Waals surface area contributed by atoms with Crippen LogP contribution in [0.1, 0.15) is 25.1 Å². The lowest BCUT2D eigenvalue weighted by molar-refractivity contribution is 0.445. The van der Waals surface area contributed by atoms with E-state index in [1.165, 1.54) is 11.3 Å². The van der Waals surface area contributed by atoms with Gasteiger partial charge in [0.2, 0.25) is 0 Å². The molecule has 0 saturated heterocycles. The van der Waals surface area contributed by atoms with E-state index >= 15 is 0 Å². The molecule has 1 heterocycles. The highest BCUT2D eigenvalue weighted by molar-refractivity contribution is 7.91. The Morgan fingerprint density at radius 1 is 1.50 bits per heavy atom. The first-order valence-corrected chi connectivity index (χ1v) is 7.83. The van der Waals surface area contributed by atoms with Crippen LogP contribution in [0.25, 0.3) is 0 Å². The van der Waals surface area contributed by atoms with E-state index in [1.54, 1.807) is 19.1 Å². The van der Waals surface area contributed by atoms with Crippen LogP contribution in [-0.2, 0) is 10.0 Å². The quantitative estimate of drug-likeness (QED) is 0.844. The molecule has 1 rings (SSSR count). The summed E-state index contributed by atoms with van der Waals surface area (Å²) < 4.78 is 27.0. The zero-order chi connectivity index (χ0) is 12.4. The summed E-state index contributed by atoms with van der Waals surface area (Å²) in [6, 6.07) is 3.41. The number of hydrogen-bond acceptors (Lipinski definition) is 3. The molecular weight excluding hydrogens is 266 g/mol. The normalized spacial score (nSPS) is 16.0. The van der Waals surface area contributed by atoms with E-state index in [0.717, 1.165) is 4.88 Å². The predicted molar refractivity (Wildman–Crippen MR) is 68.8 cm³/mol. The van der Waals surface area contributed by atoms with Crippen molar-refractivity contribution in [2.75, 3.05) is 5.88 Å². The minimum atomic E-state index is -3.44. The molecule has 0 aliphatic rings. The summed E-state index contributed by atoms with van der Waals surface area (Å²) >= 11 is 7.05. The SMILES string of the molecule is CCC(C)(CCl)NS(=O)(=O)c1ccc(C)s1. The summed E-state index contributed by atoms with van der Waals surface area (Å²) in [5.74, 6) is 0.257. The second-order valence-electron chi connectivity index (χ2n) is 4.02. The molecule has 0 fully saturated rings. The van der Waals surface area contributed by atoms with Gasteiger partial charge < -0.3 is 0 Å². The summed E-state index contributed by atoms with van der Waals surface area (Å²) in [7, 11) is -3.44. The van der Waals surface area contributed by atoms with Gasteiger partial charge in [0, 0.05) is 16.3 Å². The Labute approximate surface area is 106 Å². The van der Waals surface area contributed by atoms with E-state index in [1.807, 2.05) is 13.8 Å². The maximum absolute atomic E-state index is 12.0. The Morgan fingerprint density at radius 2 is 2.12 bits per heavy atom. The molecule has 6 heteroatoms. The van der Waals surface area contributed by atoms with E-state index in [4.69, 9.17) is 11.6 Å². The number of aryl methyl sites for hydroxylation is 1. The number of halogens is 1. The van der Waals surface area contributed by atoms with Crippen molar-refractivity contribution in [3.8, 4) is 0 Å². The smallest absolute Gasteiger partial charge is 0.206 e. The second kappa shape index (κ2) is 5.04. The Bertz CT molecular complexity index is 449. The maximum atomic E-state index is 12.0. The van der Waals surface area contributed by atoms with Gasteiger partial charge in [-0.25, -0.2) is 13.1 Å². The third-order valence-corrected chi connectivity index (χ3v) is 6.16. The van der Waals surface area contributed by atoms with Gasteiger partial charge in [-0.05, 0) is 32.4 Å². The average molecular weight is 282 g/mol. The van der Waals surface area contributed by atoms with Crippen molar-refractivity contribution in [1.29, 1.82) is 0 Å². The molecule has 16 heavy (non-hydrogen) atoms. The van der Waals surface area contributed by atoms with Crippen LogP contribution in [0.4, 0.5) is 0 Å². The van der Waals surface area contributed by atoms with Gasteiger partial charge in [0.25, 0.3) is 10.0 Å². The van der Waals surface area contributed by atoms with Gasteiger partial charge >= 0.3 is 0 Å². The molecule has 0 aliphatic carbocycles. The summed E-state index contributed by atoms with van der Waals surface area (Å²) in [5.41, 5.74) is -0.585. The lowest BCUT2D eigenvalue weighted by Crippen LogP contribution is -2.46. The molecule has 1 aromatic heterocycles. The Hall–Kier alpha value is -0.100. The lowest BCUT2D eigenvalue weighted by Gasteiger charge is -2.26. The Morgan fingerprint density at radius 3 is 2.50 bits per heavy atom. The Kier molecular flexibility index (Phi) is 4.40. The molecule has 0 radical (unpaired) electrons. The molecule has 0 spiro atoms. The van der Waals surface area contributed by atoms with Crippen molar-refractivity contribution in [1.82, 2.24) is 4.72 Å². The summed E-state index contributed by atoms with van der Waals surface area (Å²) in [6.07, 6.45) is 0.653. The zero-order valence-corrected chi connectivity index (χ0v) is 12.0. The Balaban J connectivity index is 2.96. The van der Waals surface area contributed by atoms with Gasteiger partial charge in [0.1, 0.15) is 4.21 Å². The third kappa shape index (κ3) is 3.20. The first-order valence-electron chi connectivity index (χ1n) is 4.99. The molecule has 1 aromatic rings. The first-order chi connectivity index (χ1) is 7.33. The molecule has 1 atom stereocenters. The van der Waals surface area contributed by atoms with Crippen LogP contribution in [0.15, 0.2) is 16.3 Å². The van der Waals surface area contributed by atoms with Crippen LogP contribution in [0.2, 0.25) is 0 Å². The molecule has 0 amide bonds. The van der Waals surface area contributed by atoms with Crippen molar-refractivity contribution < 1.29 is 8.42 Å². The van der Waals surface area contributed by atoms with Crippen LogP contribution in [-0.4, -0.2) is 19.8 Å². The van der Waals surface area contributed by atoms with Crippen LogP contribution in [0, 0.1) is 6.92 Å². The monoisotopic (exact) mass is 281 g/mol. The molecule has 0 saturated carbocycles. The van der Waals surface area contributed by atoms with Crippen molar-refractivity contribution in [2.45, 2.75) is 36.9 Å². The van der Waals surface area contributed by atoms with E-state index < -0.39 is 15.6 Å². The number of sulfonamides is 1. The number of thiophene rings is 1. The first kappa shape index (κ1) is 14.0. The van der Waals surface area contributed by atoms with Crippen molar-refractivity contribution in [3.63, 3.8) is 0 Å². The van der Waals surface area contributed by atoms with Gasteiger partial charge in [-0.2, -0.15) is 0 Å². The summed E-state index contributed by atoms with van der Waals surface area (Å²) in [6.45, 7) is 5.59. The molecule has 3 nitrogen and oxygen atoms in total. The second-order valence-corrected chi connectivity index (χ2v) is 7.48. The number of rotatable bonds is 5. The standard InChI is InChI=1S/C10H16ClNO2S2/c1-4-10(3,7-11)12-16(13,14)9-6-5-8(2)15-9/h5-6,12H,4,7H2,1-3H3. The highest BCUT2D eigenvalue weighted by atomic mass is 35.5. The van der Waals surface area contributed by atoms with Gasteiger partial charge in [-0.3, -0.25) is 0 Å². The minimum absolute atomic E-state index is 0.257. The summed E-state index contributed by atoms with van der Waals surface area (Å²) in [5, 5.41) is 0. The van der Waals surface area contributed by atoms with Gasteiger partial charge in [0.15, 0.2) is 0 Å². The lowest BCUT2D eigenvalue weighted by atomic mass is 10.0. The van der Waals surface area contributed by atoms with Gasteiger partial charge in [-0.15, -0.1) is 22.9 Å². The average Bonchev–Trinajstić information content (AvgIpc) is 2.65. The predicted octanol–water partition coefficient (Wildman–Crippen LogP) is 2.74. The fraction of sp³-hybridized carbons (Fsp3) is 0.600. The molecule has 92 valence electrons. The zero-order valence-electron chi connectivity index (χ0n) is 9.58. The van der Waals surface area contributed by atoms with Crippen molar-refractivity contribution in [3.05, 3.63) is 17.0 Å². The molecule has 0 aliphatic heterocycles. The van der Waals surface area contributed by atoms with Crippen LogP contribution in [0.5, 0.6) is 0 Å². The third-order valence-electron chi connectivity index (χ3n) is 2.44. The van der Waals surface area contributed by atoms with Crippen LogP contribution in [0.3, 0.4) is 0 Å². The van der Waals surface area contributed by atoms with Crippen molar-refractivity contribution >= 4 is 33.0 Å². The van der Waals surface area contributed by atoms with E-state index in [-0.39, 0.29) is 5.88 Å². The fourth-order valence-corrected chi connectivity index (χ4v) is 4.22. The fourth-order valence-electron chi connectivity index (χ4n) is 1.13. The molecular formula is C10H16ClNO2S2. The molecule has 1 N–H and O–H groups in total. The van der Waals surface area contributed by atoms with Crippen LogP contribution < -0.4 is 4.72 Å². The van der Waals surface area contributed by atoms with E-state index in [0.29, 0.717) is 10.6 Å². The van der Waals surface area contributed by atoms with Crippen LogP contribution >= 0.6 is 22.9 Å². The van der Waals surface area contributed by atoms with Crippen molar-refractivity contribution in [2.24, 2.45) is 0 Å². The molecule has 0 aromatic carbocycles. The molecule has 1 unspecified atom stereocenters. The highest BCUT2D eigenvalue weighted by Crippen LogP contribution is 2.23. The largest absolute Gasteiger partial charge is 0.250 e. The maximum Gasteiger partial charge on any atom is 0.250 e. The summed E-state index contributed by atoms with van der Waals surface area (Å²) in [4.78, 5) is 0.976. The number of hydrogen-bond donors (Lipinski definition) is 1. The minimum Gasteiger partial charge on any atom is -0.206 e. The van der Waals surface area contributed by atoms with E-state index in [2.05, 4.69) is 4.72 Å². The highest BCUT2D eigenvalue weighted by Gasteiger charge is 2.28.